The Morgan fingerprint density at radius 1 is 1.25 bits per heavy atom. The molecular weight excluding hydrogens is 372 g/mol. The van der Waals surface area contributed by atoms with Crippen LogP contribution in [-0.2, 0) is 0 Å². The lowest BCUT2D eigenvalue weighted by atomic mass is 9.55. The fraction of sp³-hybridized carbons (Fsp3) is 0.696. The Balaban J connectivity index is 1.12. The van der Waals surface area contributed by atoms with E-state index in [4.69, 9.17) is 16.3 Å². The second-order valence-corrected chi connectivity index (χ2v) is 10.7. The summed E-state index contributed by atoms with van der Waals surface area (Å²) in [5.74, 6) is 3.55. The second kappa shape index (κ2) is 6.12. The van der Waals surface area contributed by atoms with Gasteiger partial charge >= 0.3 is 0 Å². The van der Waals surface area contributed by atoms with E-state index < -0.39 is 0 Å². The van der Waals surface area contributed by atoms with Gasteiger partial charge in [0.2, 0.25) is 0 Å². The third-order valence-electron chi connectivity index (χ3n) is 8.71. The largest absolute Gasteiger partial charge is 0.489 e. The lowest BCUT2D eigenvalue weighted by molar-refractivity contribution is -0.00253. The summed E-state index contributed by atoms with van der Waals surface area (Å²) >= 11 is 6.44. The number of fused-ring (bicyclic) bond motifs is 2. The Morgan fingerprint density at radius 2 is 2.18 bits per heavy atom. The fourth-order valence-corrected chi connectivity index (χ4v) is 8.04. The number of carbonyl (C=O) groups is 1. The van der Waals surface area contributed by atoms with E-state index in [2.05, 4.69) is 10.6 Å². The highest BCUT2D eigenvalue weighted by Gasteiger charge is 2.70. The topological polar surface area (TPSA) is 50.4 Å². The summed E-state index contributed by atoms with van der Waals surface area (Å²) < 4.78 is 5.95. The average Bonchev–Trinajstić information content (AvgIpc) is 3.28. The molecule has 1 heterocycles. The lowest BCUT2D eigenvalue weighted by Crippen LogP contribution is -2.43. The molecule has 0 aromatic heterocycles. The van der Waals surface area contributed by atoms with Crippen molar-refractivity contribution in [2.45, 2.75) is 51.0 Å². The molecule has 1 amide bonds. The van der Waals surface area contributed by atoms with Crippen LogP contribution >= 0.6 is 11.6 Å². The summed E-state index contributed by atoms with van der Waals surface area (Å²) in [6.45, 7) is 2.67. The van der Waals surface area contributed by atoms with Gasteiger partial charge in [-0.15, -0.1) is 0 Å². The molecule has 0 radical (unpaired) electrons. The van der Waals surface area contributed by atoms with E-state index in [1.165, 1.54) is 38.5 Å². The zero-order valence-electron chi connectivity index (χ0n) is 16.3. The van der Waals surface area contributed by atoms with Crippen molar-refractivity contribution < 1.29 is 9.53 Å². The smallest absolute Gasteiger partial charge is 0.252 e. The highest BCUT2D eigenvalue weighted by molar-refractivity contribution is 6.34. The Hall–Kier alpha value is -1.26. The monoisotopic (exact) mass is 400 g/mol. The molecule has 28 heavy (non-hydrogen) atoms. The maximum absolute atomic E-state index is 12.9. The summed E-state index contributed by atoms with van der Waals surface area (Å²) in [7, 11) is 0. The van der Waals surface area contributed by atoms with E-state index in [1.54, 1.807) is 6.07 Å². The van der Waals surface area contributed by atoms with E-state index in [9.17, 15) is 4.79 Å². The maximum Gasteiger partial charge on any atom is 0.252 e. The van der Waals surface area contributed by atoms with Crippen molar-refractivity contribution >= 4 is 17.5 Å². The van der Waals surface area contributed by atoms with Gasteiger partial charge in [-0.05, 0) is 98.3 Å². The summed E-state index contributed by atoms with van der Waals surface area (Å²) in [6, 6.07) is 5.47. The van der Waals surface area contributed by atoms with Crippen molar-refractivity contribution in [2.75, 3.05) is 19.6 Å². The average molecular weight is 401 g/mol. The molecule has 5 heteroatoms. The lowest BCUT2D eigenvalue weighted by Gasteiger charge is -2.49. The summed E-state index contributed by atoms with van der Waals surface area (Å²) in [5.41, 5.74) is 1.57. The van der Waals surface area contributed by atoms with Crippen LogP contribution < -0.4 is 15.4 Å². The van der Waals surface area contributed by atoms with Crippen LogP contribution in [-0.4, -0.2) is 31.6 Å². The molecule has 6 atom stereocenters. The molecule has 4 saturated carbocycles. The molecular formula is C23H29ClN2O2. The first kappa shape index (κ1) is 17.6. The quantitative estimate of drug-likeness (QED) is 0.784. The Bertz CT molecular complexity index is 819. The number of amides is 1. The first-order valence-corrected chi connectivity index (χ1v) is 11.4. The van der Waals surface area contributed by atoms with E-state index in [1.807, 2.05) is 12.1 Å². The molecule has 1 aliphatic heterocycles. The summed E-state index contributed by atoms with van der Waals surface area (Å²) in [4.78, 5) is 12.9. The third-order valence-corrected chi connectivity index (χ3v) is 9.03. The van der Waals surface area contributed by atoms with Crippen molar-refractivity contribution in [3.05, 3.63) is 28.8 Å². The Morgan fingerprint density at radius 3 is 3.00 bits per heavy atom. The number of ether oxygens (including phenoxy) is 1. The molecule has 1 aromatic carbocycles. The van der Waals surface area contributed by atoms with Gasteiger partial charge in [0.1, 0.15) is 11.9 Å². The number of rotatable bonds is 5. The van der Waals surface area contributed by atoms with Gasteiger partial charge in [-0.2, -0.15) is 0 Å². The van der Waals surface area contributed by atoms with Crippen molar-refractivity contribution in [3.63, 3.8) is 0 Å². The van der Waals surface area contributed by atoms with Gasteiger partial charge in [-0.1, -0.05) is 11.6 Å². The predicted octanol–water partition coefficient (Wildman–Crippen LogP) is 4.03. The zero-order chi connectivity index (χ0) is 18.9. The predicted molar refractivity (Wildman–Crippen MR) is 109 cm³/mol. The van der Waals surface area contributed by atoms with E-state index in [0.29, 0.717) is 21.4 Å². The number of nitrogens with one attached hydrogen (secondary N) is 2. The van der Waals surface area contributed by atoms with Crippen molar-refractivity contribution in [2.24, 2.45) is 28.6 Å². The first-order chi connectivity index (χ1) is 13.6. The van der Waals surface area contributed by atoms with Crippen LogP contribution in [0.1, 0.15) is 55.3 Å². The number of hydrogen-bond acceptors (Lipinski definition) is 3. The Labute approximate surface area is 171 Å². The van der Waals surface area contributed by atoms with Crippen LogP contribution in [0.25, 0.3) is 0 Å². The Kier molecular flexibility index (Phi) is 3.84. The van der Waals surface area contributed by atoms with Crippen LogP contribution in [0.15, 0.2) is 18.2 Å². The molecule has 150 valence electrons. The first-order valence-electron chi connectivity index (χ1n) is 11.0. The van der Waals surface area contributed by atoms with Crippen LogP contribution in [0.2, 0.25) is 5.02 Å². The highest BCUT2D eigenvalue weighted by atomic mass is 35.5. The standard InChI is InChI=1S/C23H29ClN2O2/c24-20-7-17(28-18-3-4-25-11-18)1-2-19(20)21(27)26-13-22-8-14-5-15-6-16(10-22)23(15,9-14)12-22/h1-2,7,14-16,18,25H,3-6,8-13H2,(H,26,27). The minimum Gasteiger partial charge on any atom is -0.489 e. The SMILES string of the molecule is O=C(NCC12CC3CC4CC(C1)C4(C3)C2)c1ccc(OC2CCNC2)cc1Cl. The highest BCUT2D eigenvalue weighted by Crippen LogP contribution is 2.78. The molecule has 4 aliphatic carbocycles. The van der Waals surface area contributed by atoms with Gasteiger partial charge in [0.25, 0.3) is 5.91 Å². The van der Waals surface area contributed by atoms with Gasteiger partial charge in [0.15, 0.2) is 0 Å². The maximum atomic E-state index is 12.9. The van der Waals surface area contributed by atoms with Crippen LogP contribution in [0.5, 0.6) is 5.75 Å². The van der Waals surface area contributed by atoms with Gasteiger partial charge in [0, 0.05) is 13.1 Å². The summed E-state index contributed by atoms with van der Waals surface area (Å²) in [6.07, 6.45) is 9.58. The minimum absolute atomic E-state index is 0.0420. The second-order valence-electron chi connectivity index (χ2n) is 10.3. The van der Waals surface area contributed by atoms with Crippen LogP contribution in [0.4, 0.5) is 0 Å². The van der Waals surface area contributed by atoms with Gasteiger partial charge < -0.3 is 15.4 Å². The van der Waals surface area contributed by atoms with Gasteiger partial charge in [0.05, 0.1) is 10.6 Å². The molecule has 5 aliphatic rings. The van der Waals surface area contributed by atoms with Crippen molar-refractivity contribution in [3.8, 4) is 5.75 Å². The fourth-order valence-electron chi connectivity index (χ4n) is 7.78. The number of hydrogen-bond donors (Lipinski definition) is 2. The molecule has 1 aromatic rings. The molecule has 2 N–H and O–H groups in total. The number of carbonyl (C=O) groups excluding carboxylic acids is 1. The molecule has 4 nitrogen and oxygen atoms in total. The molecule has 6 unspecified atom stereocenters. The number of benzene rings is 1. The van der Waals surface area contributed by atoms with E-state index in [-0.39, 0.29) is 12.0 Å². The molecule has 1 saturated heterocycles. The van der Waals surface area contributed by atoms with Gasteiger partial charge in [-0.25, -0.2) is 0 Å². The molecule has 6 rings (SSSR count). The minimum atomic E-state index is -0.0420. The zero-order valence-corrected chi connectivity index (χ0v) is 17.1. The third kappa shape index (κ3) is 2.56. The van der Waals surface area contributed by atoms with Gasteiger partial charge in [-0.3, -0.25) is 4.79 Å². The molecule has 3 bridgehead atoms. The van der Waals surface area contributed by atoms with E-state index in [0.717, 1.165) is 49.6 Å². The van der Waals surface area contributed by atoms with Crippen LogP contribution in [0, 0.1) is 28.6 Å². The van der Waals surface area contributed by atoms with Crippen molar-refractivity contribution in [1.82, 2.24) is 10.6 Å². The molecule has 1 spiro atoms. The number of halogens is 1. The van der Waals surface area contributed by atoms with Crippen molar-refractivity contribution in [1.29, 1.82) is 0 Å². The normalized spacial score (nSPS) is 42.3. The summed E-state index contributed by atoms with van der Waals surface area (Å²) in [5, 5.41) is 7.02. The molecule has 5 fully saturated rings. The van der Waals surface area contributed by atoms with Crippen LogP contribution in [0.3, 0.4) is 0 Å². The van der Waals surface area contributed by atoms with E-state index >= 15 is 0 Å².